The second-order valence-electron chi connectivity index (χ2n) is 5.67. The van der Waals surface area contributed by atoms with Gasteiger partial charge in [0, 0.05) is 18.7 Å². The average molecular weight is 351 g/mol. The minimum absolute atomic E-state index is 0.0108. The Bertz CT molecular complexity index is 837. The Hall–Kier alpha value is -2.19. The zero-order valence-corrected chi connectivity index (χ0v) is 15.0. The van der Waals surface area contributed by atoms with E-state index in [1.54, 1.807) is 6.92 Å². The summed E-state index contributed by atoms with van der Waals surface area (Å²) >= 11 is 0. The lowest BCUT2D eigenvalue weighted by Crippen LogP contribution is -2.28. The van der Waals surface area contributed by atoms with Crippen LogP contribution in [0.25, 0.3) is 0 Å². The van der Waals surface area contributed by atoms with E-state index in [9.17, 15) is 13.2 Å². The van der Waals surface area contributed by atoms with Crippen LogP contribution in [0, 0.1) is 27.7 Å². The Morgan fingerprint density at radius 3 is 2.54 bits per heavy atom. The summed E-state index contributed by atoms with van der Waals surface area (Å²) in [4.78, 5) is 12.0. The van der Waals surface area contributed by atoms with Crippen molar-refractivity contribution in [2.75, 3.05) is 11.9 Å². The van der Waals surface area contributed by atoms with Gasteiger partial charge in [0.25, 0.3) is 0 Å². The highest BCUT2D eigenvalue weighted by Gasteiger charge is 2.23. The molecular formula is C16H21N3O4S. The van der Waals surface area contributed by atoms with E-state index in [-0.39, 0.29) is 29.5 Å². The van der Waals surface area contributed by atoms with Gasteiger partial charge in [-0.25, -0.2) is 13.1 Å². The predicted molar refractivity (Wildman–Crippen MR) is 90.3 cm³/mol. The highest BCUT2D eigenvalue weighted by molar-refractivity contribution is 7.89. The number of hydrogen-bond acceptors (Lipinski definition) is 5. The SMILES string of the molecule is Cc1ccc(C)c(NC(=O)CCNS(=O)(=O)c2c(C)noc2C)c1. The Kier molecular flexibility index (Phi) is 5.40. The lowest BCUT2D eigenvalue weighted by Gasteiger charge is -2.10. The third-order valence-electron chi connectivity index (χ3n) is 3.55. The van der Waals surface area contributed by atoms with E-state index < -0.39 is 10.0 Å². The topological polar surface area (TPSA) is 101 Å². The maximum Gasteiger partial charge on any atom is 0.245 e. The monoisotopic (exact) mass is 351 g/mol. The van der Waals surface area contributed by atoms with E-state index in [0.717, 1.165) is 16.8 Å². The van der Waals surface area contributed by atoms with Crippen molar-refractivity contribution in [3.8, 4) is 0 Å². The smallest absolute Gasteiger partial charge is 0.245 e. The van der Waals surface area contributed by atoms with Gasteiger partial charge in [-0.05, 0) is 44.9 Å². The lowest BCUT2D eigenvalue weighted by molar-refractivity contribution is -0.116. The molecule has 0 aliphatic carbocycles. The van der Waals surface area contributed by atoms with Crippen molar-refractivity contribution in [2.45, 2.75) is 39.0 Å². The molecule has 0 bridgehead atoms. The zero-order valence-electron chi connectivity index (χ0n) is 14.1. The summed E-state index contributed by atoms with van der Waals surface area (Å²) in [5.41, 5.74) is 3.01. The quantitative estimate of drug-likeness (QED) is 0.831. The molecule has 1 heterocycles. The van der Waals surface area contributed by atoms with Crippen LogP contribution in [0.4, 0.5) is 5.69 Å². The van der Waals surface area contributed by atoms with E-state index in [0.29, 0.717) is 5.69 Å². The van der Waals surface area contributed by atoms with Gasteiger partial charge < -0.3 is 9.84 Å². The van der Waals surface area contributed by atoms with Crippen LogP contribution < -0.4 is 10.0 Å². The number of carbonyl (C=O) groups excluding carboxylic acids is 1. The number of sulfonamides is 1. The highest BCUT2D eigenvalue weighted by Crippen LogP contribution is 2.19. The van der Waals surface area contributed by atoms with E-state index in [2.05, 4.69) is 15.2 Å². The molecule has 1 aromatic heterocycles. The first-order valence-corrected chi connectivity index (χ1v) is 8.98. The molecule has 1 amide bonds. The number of nitrogens with one attached hydrogen (secondary N) is 2. The van der Waals surface area contributed by atoms with Crippen LogP contribution in [0.15, 0.2) is 27.6 Å². The van der Waals surface area contributed by atoms with Crippen molar-refractivity contribution >= 4 is 21.6 Å². The van der Waals surface area contributed by atoms with Gasteiger partial charge in [0.2, 0.25) is 15.9 Å². The third-order valence-corrected chi connectivity index (χ3v) is 5.25. The standard InChI is InChI=1S/C16H21N3O4S/c1-10-5-6-11(2)14(9-10)18-15(20)7-8-17-24(21,22)16-12(3)19-23-13(16)4/h5-6,9,17H,7-8H2,1-4H3,(H,18,20). The second kappa shape index (κ2) is 7.14. The molecule has 0 saturated carbocycles. The number of aromatic nitrogens is 1. The molecule has 0 radical (unpaired) electrons. The molecule has 7 nitrogen and oxygen atoms in total. The summed E-state index contributed by atoms with van der Waals surface area (Å²) in [5, 5.41) is 6.42. The molecule has 0 aliphatic rings. The summed E-state index contributed by atoms with van der Waals surface area (Å²) in [6.45, 7) is 6.91. The van der Waals surface area contributed by atoms with Crippen molar-refractivity contribution in [3.63, 3.8) is 0 Å². The molecular weight excluding hydrogens is 330 g/mol. The van der Waals surface area contributed by atoms with E-state index in [4.69, 9.17) is 4.52 Å². The van der Waals surface area contributed by atoms with E-state index in [1.807, 2.05) is 32.0 Å². The summed E-state index contributed by atoms with van der Waals surface area (Å²) in [6, 6.07) is 5.76. The minimum Gasteiger partial charge on any atom is -0.360 e. The highest BCUT2D eigenvalue weighted by atomic mass is 32.2. The average Bonchev–Trinajstić information content (AvgIpc) is 2.82. The molecule has 2 N–H and O–H groups in total. The molecule has 2 rings (SSSR count). The Morgan fingerprint density at radius 2 is 1.92 bits per heavy atom. The van der Waals surface area contributed by atoms with Crippen LogP contribution in [0.2, 0.25) is 0 Å². The number of aryl methyl sites for hydroxylation is 4. The van der Waals surface area contributed by atoms with Gasteiger partial charge in [0.1, 0.15) is 10.6 Å². The molecule has 0 atom stereocenters. The van der Waals surface area contributed by atoms with Crippen molar-refractivity contribution < 1.29 is 17.7 Å². The molecule has 0 spiro atoms. The number of hydrogen-bond donors (Lipinski definition) is 2. The summed E-state index contributed by atoms with van der Waals surface area (Å²) < 4.78 is 31.7. The van der Waals surface area contributed by atoms with Crippen LogP contribution in [-0.4, -0.2) is 26.0 Å². The molecule has 8 heteroatoms. The fourth-order valence-electron chi connectivity index (χ4n) is 2.31. The van der Waals surface area contributed by atoms with Crippen LogP contribution in [0.3, 0.4) is 0 Å². The third kappa shape index (κ3) is 4.21. The number of anilines is 1. The second-order valence-corrected chi connectivity index (χ2v) is 7.37. The maximum atomic E-state index is 12.2. The van der Waals surface area contributed by atoms with Crippen LogP contribution in [0.5, 0.6) is 0 Å². The fraction of sp³-hybridized carbons (Fsp3) is 0.375. The zero-order chi connectivity index (χ0) is 17.9. The van der Waals surface area contributed by atoms with Crippen molar-refractivity contribution in [1.29, 1.82) is 0 Å². The normalized spacial score (nSPS) is 11.5. The summed E-state index contributed by atoms with van der Waals surface area (Å²) in [7, 11) is -3.75. The number of rotatable bonds is 6. The van der Waals surface area contributed by atoms with Gasteiger partial charge in [-0.3, -0.25) is 4.79 Å². The van der Waals surface area contributed by atoms with Gasteiger partial charge in [0.05, 0.1) is 0 Å². The number of carbonyl (C=O) groups is 1. The van der Waals surface area contributed by atoms with Gasteiger partial charge in [0.15, 0.2) is 5.76 Å². The van der Waals surface area contributed by atoms with Crippen molar-refractivity contribution in [1.82, 2.24) is 9.88 Å². The number of nitrogens with zero attached hydrogens (tertiary/aromatic N) is 1. The Balaban J connectivity index is 1.94. The number of amides is 1. The van der Waals surface area contributed by atoms with E-state index in [1.165, 1.54) is 6.92 Å². The summed E-state index contributed by atoms with van der Waals surface area (Å²) in [5.74, 6) is -0.0370. The van der Waals surface area contributed by atoms with Gasteiger partial charge in [-0.15, -0.1) is 0 Å². The van der Waals surface area contributed by atoms with Gasteiger partial charge in [-0.2, -0.15) is 0 Å². The predicted octanol–water partition coefficient (Wildman–Crippen LogP) is 2.22. The fourth-order valence-corrected chi connectivity index (χ4v) is 3.67. The van der Waals surface area contributed by atoms with Crippen LogP contribution >= 0.6 is 0 Å². The first-order valence-electron chi connectivity index (χ1n) is 7.50. The minimum atomic E-state index is -3.75. The Labute approximate surface area is 141 Å². The number of benzene rings is 1. The van der Waals surface area contributed by atoms with Crippen LogP contribution in [0.1, 0.15) is 29.0 Å². The largest absolute Gasteiger partial charge is 0.360 e. The molecule has 1 aromatic carbocycles. The maximum absolute atomic E-state index is 12.2. The van der Waals surface area contributed by atoms with Crippen molar-refractivity contribution in [2.24, 2.45) is 0 Å². The van der Waals surface area contributed by atoms with Crippen molar-refractivity contribution in [3.05, 3.63) is 40.8 Å². The first-order chi connectivity index (χ1) is 11.2. The summed E-state index contributed by atoms with van der Waals surface area (Å²) in [6.07, 6.45) is 0.0238. The molecule has 130 valence electrons. The molecule has 0 saturated heterocycles. The molecule has 0 fully saturated rings. The molecule has 0 unspecified atom stereocenters. The van der Waals surface area contributed by atoms with Gasteiger partial charge >= 0.3 is 0 Å². The lowest BCUT2D eigenvalue weighted by atomic mass is 10.1. The first kappa shape index (κ1) is 18.2. The molecule has 0 aliphatic heterocycles. The van der Waals surface area contributed by atoms with Gasteiger partial charge in [-0.1, -0.05) is 17.3 Å². The Morgan fingerprint density at radius 1 is 1.21 bits per heavy atom. The van der Waals surface area contributed by atoms with Crippen LogP contribution in [-0.2, 0) is 14.8 Å². The molecule has 2 aromatic rings. The molecule has 24 heavy (non-hydrogen) atoms. The van der Waals surface area contributed by atoms with E-state index >= 15 is 0 Å².